The highest BCUT2D eigenvalue weighted by atomic mass is 16.6. The van der Waals surface area contributed by atoms with Crippen LogP contribution < -0.4 is 5.32 Å². The van der Waals surface area contributed by atoms with E-state index in [-0.39, 0.29) is 18.7 Å². The molecular weight excluding hydrogens is 244 g/mol. The molecule has 0 saturated carbocycles. The molecule has 2 atom stereocenters. The van der Waals surface area contributed by atoms with Gasteiger partial charge in [0.15, 0.2) is 0 Å². The van der Waals surface area contributed by atoms with Crippen LogP contribution in [0.25, 0.3) is 0 Å². The molecular formula is C14H20N2O3. The molecule has 0 bridgehead atoms. The summed E-state index contributed by atoms with van der Waals surface area (Å²) in [5, 5.41) is 12.7. The van der Waals surface area contributed by atoms with Crippen molar-refractivity contribution < 1.29 is 14.6 Å². The number of carbonyl (C=O) groups is 1. The Morgan fingerprint density at radius 2 is 2.16 bits per heavy atom. The Kier molecular flexibility index (Phi) is 4.76. The summed E-state index contributed by atoms with van der Waals surface area (Å²) in [5.74, 6) is 0. The second-order valence-electron chi connectivity index (χ2n) is 4.85. The fourth-order valence-electron chi connectivity index (χ4n) is 2.16. The lowest BCUT2D eigenvalue weighted by Crippen LogP contribution is -2.51. The van der Waals surface area contributed by atoms with Crippen LogP contribution >= 0.6 is 0 Å². The van der Waals surface area contributed by atoms with E-state index in [1.807, 2.05) is 30.3 Å². The summed E-state index contributed by atoms with van der Waals surface area (Å²) in [5.41, 5.74) is 0.964. The van der Waals surface area contributed by atoms with Gasteiger partial charge in [0.2, 0.25) is 0 Å². The summed E-state index contributed by atoms with van der Waals surface area (Å²) in [6.07, 6.45) is -0.169. The van der Waals surface area contributed by atoms with Crippen molar-refractivity contribution in [3.05, 3.63) is 35.9 Å². The highest BCUT2D eigenvalue weighted by molar-refractivity contribution is 5.67. The first kappa shape index (κ1) is 13.8. The molecule has 0 aromatic heterocycles. The summed E-state index contributed by atoms with van der Waals surface area (Å²) in [7, 11) is 1.71. The van der Waals surface area contributed by atoms with E-state index in [1.54, 1.807) is 11.9 Å². The third kappa shape index (κ3) is 3.94. The van der Waals surface area contributed by atoms with Crippen LogP contribution in [0.4, 0.5) is 4.79 Å². The van der Waals surface area contributed by atoms with Crippen LogP contribution in [0.1, 0.15) is 12.0 Å². The Labute approximate surface area is 113 Å². The van der Waals surface area contributed by atoms with Crippen LogP contribution in [0.5, 0.6) is 0 Å². The van der Waals surface area contributed by atoms with Crippen LogP contribution in [0.15, 0.2) is 30.3 Å². The number of piperidine rings is 1. The SMILES string of the molecule is CN(C(=O)OCc1ccccc1)[C@H]1CNC[C@H](O)C1. The van der Waals surface area contributed by atoms with Gasteiger partial charge in [0.05, 0.1) is 6.10 Å². The molecule has 1 aromatic carbocycles. The number of hydrogen-bond donors (Lipinski definition) is 2. The van der Waals surface area contributed by atoms with E-state index >= 15 is 0 Å². The van der Waals surface area contributed by atoms with Crippen LogP contribution in [0.3, 0.4) is 0 Å². The second kappa shape index (κ2) is 6.54. The zero-order valence-corrected chi connectivity index (χ0v) is 11.1. The van der Waals surface area contributed by atoms with E-state index in [9.17, 15) is 9.90 Å². The molecule has 1 amide bonds. The summed E-state index contributed by atoms with van der Waals surface area (Å²) in [6.45, 7) is 1.55. The van der Waals surface area contributed by atoms with Gasteiger partial charge >= 0.3 is 6.09 Å². The number of rotatable bonds is 3. The topological polar surface area (TPSA) is 61.8 Å². The molecule has 2 rings (SSSR count). The van der Waals surface area contributed by atoms with Crippen molar-refractivity contribution in [1.29, 1.82) is 0 Å². The van der Waals surface area contributed by atoms with Crippen molar-refractivity contribution in [2.45, 2.75) is 25.2 Å². The van der Waals surface area contributed by atoms with Gasteiger partial charge in [-0.3, -0.25) is 0 Å². The monoisotopic (exact) mass is 264 g/mol. The third-order valence-electron chi connectivity index (χ3n) is 3.34. The second-order valence-corrected chi connectivity index (χ2v) is 4.85. The predicted octanol–water partition coefficient (Wildman–Crippen LogP) is 0.978. The highest BCUT2D eigenvalue weighted by Crippen LogP contribution is 2.11. The predicted molar refractivity (Wildman–Crippen MR) is 71.7 cm³/mol. The number of nitrogens with one attached hydrogen (secondary N) is 1. The highest BCUT2D eigenvalue weighted by Gasteiger charge is 2.26. The first-order chi connectivity index (χ1) is 9.16. The third-order valence-corrected chi connectivity index (χ3v) is 3.34. The summed E-state index contributed by atoms with van der Waals surface area (Å²) in [4.78, 5) is 13.5. The minimum Gasteiger partial charge on any atom is -0.445 e. The lowest BCUT2D eigenvalue weighted by molar-refractivity contribution is 0.0595. The van der Waals surface area contributed by atoms with Gasteiger partial charge in [0.25, 0.3) is 0 Å². The van der Waals surface area contributed by atoms with Gasteiger partial charge in [-0.05, 0) is 12.0 Å². The molecule has 5 nitrogen and oxygen atoms in total. The lowest BCUT2D eigenvalue weighted by Gasteiger charge is -2.33. The fourth-order valence-corrected chi connectivity index (χ4v) is 2.16. The van der Waals surface area contributed by atoms with Crippen molar-refractivity contribution in [3.8, 4) is 0 Å². The van der Waals surface area contributed by atoms with E-state index in [1.165, 1.54) is 0 Å². The van der Waals surface area contributed by atoms with Crippen molar-refractivity contribution in [2.75, 3.05) is 20.1 Å². The number of aliphatic hydroxyl groups is 1. The maximum Gasteiger partial charge on any atom is 0.410 e. The minimum atomic E-state index is -0.400. The molecule has 1 fully saturated rings. The quantitative estimate of drug-likeness (QED) is 0.854. The molecule has 2 N–H and O–H groups in total. The normalized spacial score (nSPS) is 22.8. The summed E-state index contributed by atoms with van der Waals surface area (Å²) >= 11 is 0. The van der Waals surface area contributed by atoms with Gasteiger partial charge in [-0.15, -0.1) is 0 Å². The van der Waals surface area contributed by atoms with Crippen LogP contribution in [0.2, 0.25) is 0 Å². The van der Waals surface area contributed by atoms with E-state index < -0.39 is 6.10 Å². The number of hydrogen-bond acceptors (Lipinski definition) is 4. The van der Waals surface area contributed by atoms with Crippen LogP contribution in [0, 0.1) is 0 Å². The van der Waals surface area contributed by atoms with Crippen molar-refractivity contribution in [3.63, 3.8) is 0 Å². The summed E-state index contributed by atoms with van der Waals surface area (Å²) < 4.78 is 5.26. The van der Waals surface area contributed by atoms with E-state index in [4.69, 9.17) is 4.74 Å². The Balaban J connectivity index is 1.82. The minimum absolute atomic E-state index is 0.0213. The molecule has 104 valence electrons. The number of carbonyl (C=O) groups excluding carboxylic acids is 1. The zero-order valence-electron chi connectivity index (χ0n) is 11.1. The standard InChI is InChI=1S/C14H20N2O3/c1-16(12-7-13(17)9-15-8-12)14(18)19-10-11-5-3-2-4-6-11/h2-6,12-13,15,17H,7-10H2,1H3/t12-,13-/m1/s1. The molecule has 1 aliphatic rings. The molecule has 1 aromatic rings. The first-order valence-corrected chi connectivity index (χ1v) is 6.49. The molecule has 0 unspecified atom stereocenters. The van der Waals surface area contributed by atoms with E-state index in [0.717, 1.165) is 5.56 Å². The number of ether oxygens (including phenoxy) is 1. The molecule has 19 heavy (non-hydrogen) atoms. The van der Waals surface area contributed by atoms with Crippen LogP contribution in [-0.2, 0) is 11.3 Å². The van der Waals surface area contributed by atoms with Crippen molar-refractivity contribution in [1.82, 2.24) is 10.2 Å². The maximum absolute atomic E-state index is 11.9. The number of amides is 1. The average molecular weight is 264 g/mol. The van der Waals surface area contributed by atoms with Crippen LogP contribution in [-0.4, -0.2) is 48.4 Å². The van der Waals surface area contributed by atoms with Gasteiger partial charge in [0, 0.05) is 26.2 Å². The van der Waals surface area contributed by atoms with E-state index in [0.29, 0.717) is 19.5 Å². The Hall–Kier alpha value is -1.59. The molecule has 5 heteroatoms. The molecule has 1 heterocycles. The Bertz CT molecular complexity index is 410. The average Bonchev–Trinajstić information content (AvgIpc) is 2.45. The zero-order chi connectivity index (χ0) is 13.7. The number of nitrogens with zero attached hydrogens (tertiary/aromatic N) is 1. The smallest absolute Gasteiger partial charge is 0.410 e. The van der Waals surface area contributed by atoms with Gasteiger partial charge in [0.1, 0.15) is 6.61 Å². The largest absolute Gasteiger partial charge is 0.445 e. The Morgan fingerprint density at radius 1 is 1.42 bits per heavy atom. The molecule has 1 aliphatic heterocycles. The van der Waals surface area contributed by atoms with Gasteiger partial charge in [-0.2, -0.15) is 0 Å². The molecule has 0 spiro atoms. The number of aliphatic hydroxyl groups excluding tert-OH is 1. The number of β-amino-alcohol motifs (C(OH)–C–C–N with tert-alkyl or cyclic N) is 1. The fraction of sp³-hybridized carbons (Fsp3) is 0.500. The summed E-state index contributed by atoms with van der Waals surface area (Å²) in [6, 6.07) is 9.56. The van der Waals surface area contributed by atoms with E-state index in [2.05, 4.69) is 5.32 Å². The Morgan fingerprint density at radius 3 is 2.84 bits per heavy atom. The molecule has 0 aliphatic carbocycles. The van der Waals surface area contributed by atoms with Crippen molar-refractivity contribution >= 4 is 6.09 Å². The molecule has 0 radical (unpaired) electrons. The first-order valence-electron chi connectivity index (χ1n) is 6.49. The van der Waals surface area contributed by atoms with Crippen molar-refractivity contribution in [2.24, 2.45) is 0 Å². The molecule has 1 saturated heterocycles. The van der Waals surface area contributed by atoms with Gasteiger partial charge < -0.3 is 20.1 Å². The van der Waals surface area contributed by atoms with Gasteiger partial charge in [-0.1, -0.05) is 30.3 Å². The lowest BCUT2D eigenvalue weighted by atomic mass is 10.0. The number of benzene rings is 1. The van der Waals surface area contributed by atoms with Gasteiger partial charge in [-0.25, -0.2) is 4.79 Å². The maximum atomic E-state index is 11.9. The number of likely N-dealkylation sites (N-methyl/N-ethyl adjacent to an activating group) is 1.